The summed E-state index contributed by atoms with van der Waals surface area (Å²) in [6, 6.07) is 20.2. The van der Waals surface area contributed by atoms with Gasteiger partial charge in [-0.2, -0.15) is 0 Å². The molecule has 192 valence electrons. The lowest BCUT2D eigenvalue weighted by atomic mass is 9.87. The van der Waals surface area contributed by atoms with Crippen molar-refractivity contribution >= 4 is 17.5 Å². The van der Waals surface area contributed by atoms with Crippen molar-refractivity contribution in [3.63, 3.8) is 0 Å². The number of nitrogens with zero attached hydrogens (tertiary/aromatic N) is 3. The first kappa shape index (κ1) is 24.9. The number of para-hydroxylation sites is 1. The average molecular weight is 504 g/mol. The summed E-state index contributed by atoms with van der Waals surface area (Å²) in [5, 5.41) is 0. The van der Waals surface area contributed by atoms with Crippen LogP contribution in [0.2, 0.25) is 0 Å². The molecule has 0 N–H and O–H groups in total. The van der Waals surface area contributed by atoms with E-state index >= 15 is 0 Å². The van der Waals surface area contributed by atoms with Gasteiger partial charge in [0.05, 0.1) is 17.6 Å². The predicted octanol–water partition coefficient (Wildman–Crippen LogP) is 5.22. The first-order valence-corrected chi connectivity index (χ1v) is 12.8. The lowest BCUT2D eigenvalue weighted by Crippen LogP contribution is -2.53. The number of amides is 2. The molecule has 2 saturated heterocycles. The van der Waals surface area contributed by atoms with E-state index in [0.29, 0.717) is 56.8 Å². The summed E-state index contributed by atoms with van der Waals surface area (Å²) in [7, 11) is 0. The fourth-order valence-electron chi connectivity index (χ4n) is 5.51. The van der Waals surface area contributed by atoms with Crippen LogP contribution in [0.5, 0.6) is 0 Å². The number of anilines is 1. The number of piperazine rings is 1. The van der Waals surface area contributed by atoms with Gasteiger partial charge in [0.1, 0.15) is 11.6 Å². The van der Waals surface area contributed by atoms with E-state index < -0.39 is 5.82 Å². The monoisotopic (exact) mass is 503 g/mol. The molecule has 2 fully saturated rings. The molecule has 7 heteroatoms. The van der Waals surface area contributed by atoms with E-state index in [0.717, 1.165) is 11.1 Å². The molecule has 5 nitrogen and oxygen atoms in total. The van der Waals surface area contributed by atoms with Crippen LogP contribution >= 0.6 is 0 Å². The van der Waals surface area contributed by atoms with E-state index in [1.165, 1.54) is 30.3 Å². The molecule has 3 aromatic rings. The number of carbonyl (C=O) groups excluding carboxylic acids is 2. The van der Waals surface area contributed by atoms with Crippen LogP contribution in [0.3, 0.4) is 0 Å². The highest BCUT2D eigenvalue weighted by Crippen LogP contribution is 2.36. The van der Waals surface area contributed by atoms with Crippen LogP contribution < -0.4 is 4.90 Å². The minimum absolute atomic E-state index is 0.0350. The Hall–Kier alpha value is -3.74. The molecule has 3 aromatic carbocycles. The number of aryl methyl sites for hydroxylation is 1. The fourth-order valence-corrected chi connectivity index (χ4v) is 5.51. The largest absolute Gasteiger partial charge is 0.366 e. The van der Waals surface area contributed by atoms with Crippen molar-refractivity contribution in [2.75, 3.05) is 37.6 Å². The Kier molecular flexibility index (Phi) is 7.22. The number of hydrogen-bond donors (Lipinski definition) is 0. The molecule has 2 aliphatic heterocycles. The standard InChI is InChI=1S/C30H31F2N3O2/c1-21-5-4-6-23(19-21)27-14-11-24(20-35(27)30(37)22-9-12-25(31)13-10-22)29(36)34-17-15-33(16-18-34)28-8-3-2-7-26(28)32/h2-10,12-13,19,24,27H,11,14-18,20H2,1H3. The number of hydrogen-bond acceptors (Lipinski definition) is 3. The number of benzene rings is 3. The van der Waals surface area contributed by atoms with Crippen molar-refractivity contribution in [3.05, 3.63) is 101 Å². The van der Waals surface area contributed by atoms with Crippen LogP contribution in [-0.4, -0.2) is 54.3 Å². The molecule has 0 saturated carbocycles. The first-order chi connectivity index (χ1) is 17.9. The van der Waals surface area contributed by atoms with Gasteiger partial charge >= 0.3 is 0 Å². The van der Waals surface area contributed by atoms with Gasteiger partial charge in [0, 0.05) is 38.3 Å². The number of piperidine rings is 1. The lowest BCUT2D eigenvalue weighted by Gasteiger charge is -2.42. The maximum Gasteiger partial charge on any atom is 0.254 e. The minimum atomic E-state index is -0.395. The third kappa shape index (κ3) is 5.36. The summed E-state index contributed by atoms with van der Waals surface area (Å²) in [5.41, 5.74) is 3.12. The zero-order chi connectivity index (χ0) is 25.9. The second-order valence-electron chi connectivity index (χ2n) is 9.93. The van der Waals surface area contributed by atoms with Gasteiger partial charge in [-0.3, -0.25) is 9.59 Å². The van der Waals surface area contributed by atoms with Crippen LogP contribution in [0.4, 0.5) is 14.5 Å². The summed E-state index contributed by atoms with van der Waals surface area (Å²) in [5.74, 6) is -1.13. The molecule has 0 bridgehead atoms. The predicted molar refractivity (Wildman–Crippen MR) is 139 cm³/mol. The molecule has 2 amide bonds. The van der Waals surface area contributed by atoms with Crippen molar-refractivity contribution in [2.45, 2.75) is 25.8 Å². The number of likely N-dealkylation sites (tertiary alicyclic amines) is 1. The van der Waals surface area contributed by atoms with Gasteiger partial charge in [0.15, 0.2) is 0 Å². The molecule has 0 radical (unpaired) electrons. The summed E-state index contributed by atoms with van der Waals surface area (Å²) in [4.78, 5) is 32.7. The highest BCUT2D eigenvalue weighted by molar-refractivity contribution is 5.95. The molecule has 0 aliphatic carbocycles. The van der Waals surface area contributed by atoms with E-state index in [-0.39, 0.29) is 29.6 Å². The van der Waals surface area contributed by atoms with E-state index in [2.05, 4.69) is 6.07 Å². The average Bonchev–Trinajstić information content (AvgIpc) is 2.93. The minimum Gasteiger partial charge on any atom is -0.366 e. The van der Waals surface area contributed by atoms with Crippen LogP contribution in [0.15, 0.2) is 72.8 Å². The Morgan fingerprint density at radius 2 is 1.57 bits per heavy atom. The summed E-state index contributed by atoms with van der Waals surface area (Å²) < 4.78 is 27.7. The van der Waals surface area contributed by atoms with Crippen LogP contribution in [-0.2, 0) is 4.79 Å². The van der Waals surface area contributed by atoms with Crippen molar-refractivity contribution in [3.8, 4) is 0 Å². The molecule has 0 spiro atoms. The second kappa shape index (κ2) is 10.7. The number of rotatable bonds is 4. The van der Waals surface area contributed by atoms with Crippen molar-refractivity contribution in [1.82, 2.24) is 9.80 Å². The topological polar surface area (TPSA) is 43.9 Å². The smallest absolute Gasteiger partial charge is 0.254 e. The van der Waals surface area contributed by atoms with E-state index in [9.17, 15) is 18.4 Å². The third-order valence-corrected chi connectivity index (χ3v) is 7.49. The number of halogens is 2. The fraction of sp³-hybridized carbons (Fsp3) is 0.333. The zero-order valence-corrected chi connectivity index (χ0v) is 20.9. The van der Waals surface area contributed by atoms with Crippen molar-refractivity contribution < 1.29 is 18.4 Å². The van der Waals surface area contributed by atoms with Gasteiger partial charge in [-0.05, 0) is 61.7 Å². The quantitative estimate of drug-likeness (QED) is 0.491. The zero-order valence-electron chi connectivity index (χ0n) is 20.9. The number of carbonyl (C=O) groups is 2. The molecule has 0 aromatic heterocycles. The van der Waals surface area contributed by atoms with E-state index in [1.54, 1.807) is 17.0 Å². The summed E-state index contributed by atoms with van der Waals surface area (Å²) >= 11 is 0. The summed E-state index contributed by atoms with van der Waals surface area (Å²) in [6.07, 6.45) is 1.35. The van der Waals surface area contributed by atoms with Gasteiger partial charge in [-0.15, -0.1) is 0 Å². The van der Waals surface area contributed by atoms with Gasteiger partial charge in [-0.1, -0.05) is 42.0 Å². The molecular weight excluding hydrogens is 472 g/mol. The molecule has 37 heavy (non-hydrogen) atoms. The maximum absolute atomic E-state index is 14.2. The van der Waals surface area contributed by atoms with Gasteiger partial charge in [0.2, 0.25) is 5.91 Å². The molecule has 2 unspecified atom stereocenters. The first-order valence-electron chi connectivity index (χ1n) is 12.8. The van der Waals surface area contributed by atoms with Gasteiger partial charge < -0.3 is 14.7 Å². The summed E-state index contributed by atoms with van der Waals surface area (Å²) in [6.45, 7) is 4.47. The third-order valence-electron chi connectivity index (χ3n) is 7.49. The van der Waals surface area contributed by atoms with Crippen molar-refractivity contribution in [2.24, 2.45) is 5.92 Å². The van der Waals surface area contributed by atoms with Crippen molar-refractivity contribution in [1.29, 1.82) is 0 Å². The van der Waals surface area contributed by atoms with Gasteiger partial charge in [-0.25, -0.2) is 8.78 Å². The highest BCUT2D eigenvalue weighted by atomic mass is 19.1. The Morgan fingerprint density at radius 1 is 0.838 bits per heavy atom. The van der Waals surface area contributed by atoms with Gasteiger partial charge in [0.25, 0.3) is 5.91 Å². The van der Waals surface area contributed by atoms with Crippen LogP contribution in [0.1, 0.15) is 40.4 Å². The second-order valence-corrected chi connectivity index (χ2v) is 9.93. The molecular formula is C30H31F2N3O2. The Labute approximate surface area is 216 Å². The Bertz CT molecular complexity index is 1270. The van der Waals surface area contributed by atoms with E-state index in [1.807, 2.05) is 41.0 Å². The highest BCUT2D eigenvalue weighted by Gasteiger charge is 2.38. The normalized spacial score (nSPS) is 20.1. The Morgan fingerprint density at radius 3 is 2.27 bits per heavy atom. The van der Waals surface area contributed by atoms with Crippen LogP contribution in [0.25, 0.3) is 0 Å². The molecule has 2 heterocycles. The molecule has 2 atom stereocenters. The maximum atomic E-state index is 14.2. The Balaban J connectivity index is 1.32. The lowest BCUT2D eigenvalue weighted by molar-refractivity contribution is -0.137. The molecule has 2 aliphatic rings. The van der Waals surface area contributed by atoms with E-state index in [4.69, 9.17) is 0 Å². The van der Waals surface area contributed by atoms with Crippen LogP contribution in [0, 0.1) is 24.5 Å². The SMILES string of the molecule is Cc1cccc(C2CCC(C(=O)N3CCN(c4ccccc4F)CC3)CN2C(=O)c2ccc(F)cc2)c1. The molecule has 5 rings (SSSR count).